The Bertz CT molecular complexity index is 161. The first-order chi connectivity index (χ1) is 7.45. The minimum atomic E-state index is 0. The van der Waals surface area contributed by atoms with Crippen LogP contribution in [0.25, 0.3) is 0 Å². The molecular formula is C13H27ClN2. The molecule has 1 saturated heterocycles. The molecule has 0 amide bonds. The Balaban J connectivity index is 0.00000128. The molecule has 2 nitrogen and oxygen atoms in total. The highest BCUT2D eigenvalue weighted by molar-refractivity contribution is 5.85. The van der Waals surface area contributed by atoms with E-state index in [-0.39, 0.29) is 12.4 Å². The quantitative estimate of drug-likeness (QED) is 0.749. The summed E-state index contributed by atoms with van der Waals surface area (Å²) in [5.41, 5.74) is 0. The van der Waals surface area contributed by atoms with E-state index in [1.165, 1.54) is 71.0 Å². The third-order valence-electron chi connectivity index (χ3n) is 4.01. The zero-order chi connectivity index (χ0) is 10.3. The Morgan fingerprint density at radius 3 is 2.12 bits per heavy atom. The minimum absolute atomic E-state index is 0. The van der Waals surface area contributed by atoms with Crippen LogP contribution in [0.2, 0.25) is 0 Å². The Morgan fingerprint density at radius 2 is 1.50 bits per heavy atom. The van der Waals surface area contributed by atoms with Crippen molar-refractivity contribution in [1.82, 2.24) is 10.6 Å². The lowest BCUT2D eigenvalue weighted by Gasteiger charge is -2.25. The van der Waals surface area contributed by atoms with Crippen LogP contribution < -0.4 is 10.6 Å². The van der Waals surface area contributed by atoms with E-state index in [4.69, 9.17) is 0 Å². The van der Waals surface area contributed by atoms with Gasteiger partial charge in [-0.15, -0.1) is 12.4 Å². The summed E-state index contributed by atoms with van der Waals surface area (Å²) in [4.78, 5) is 0. The first-order valence-corrected chi connectivity index (χ1v) is 6.89. The minimum Gasteiger partial charge on any atom is -0.317 e. The van der Waals surface area contributed by atoms with Crippen LogP contribution in [0, 0.1) is 5.92 Å². The largest absolute Gasteiger partial charge is 0.317 e. The number of hydrogen-bond acceptors (Lipinski definition) is 2. The second-order valence-corrected chi connectivity index (χ2v) is 5.29. The monoisotopic (exact) mass is 246 g/mol. The van der Waals surface area contributed by atoms with Gasteiger partial charge in [0.1, 0.15) is 0 Å². The molecule has 16 heavy (non-hydrogen) atoms. The van der Waals surface area contributed by atoms with E-state index in [2.05, 4.69) is 10.6 Å². The summed E-state index contributed by atoms with van der Waals surface area (Å²) in [6, 6.07) is 0.836. The molecule has 2 N–H and O–H groups in total. The van der Waals surface area contributed by atoms with Gasteiger partial charge in [-0.1, -0.05) is 25.7 Å². The molecule has 1 aliphatic carbocycles. The summed E-state index contributed by atoms with van der Waals surface area (Å²) in [6.45, 7) is 3.74. The average Bonchev–Trinajstić information content (AvgIpc) is 2.56. The van der Waals surface area contributed by atoms with Gasteiger partial charge in [0.25, 0.3) is 0 Å². The van der Waals surface area contributed by atoms with Crippen molar-refractivity contribution in [2.75, 3.05) is 19.6 Å². The van der Waals surface area contributed by atoms with Crippen LogP contribution in [0.15, 0.2) is 0 Å². The molecule has 1 aliphatic heterocycles. The molecule has 2 rings (SSSR count). The van der Waals surface area contributed by atoms with Gasteiger partial charge >= 0.3 is 0 Å². The number of piperidine rings is 1. The van der Waals surface area contributed by atoms with Crippen molar-refractivity contribution < 1.29 is 0 Å². The van der Waals surface area contributed by atoms with Crippen molar-refractivity contribution in [2.24, 2.45) is 5.92 Å². The maximum atomic E-state index is 3.80. The van der Waals surface area contributed by atoms with Gasteiger partial charge in [0.2, 0.25) is 0 Å². The van der Waals surface area contributed by atoms with Gasteiger partial charge in [-0.2, -0.15) is 0 Å². The lowest BCUT2D eigenvalue weighted by atomic mass is 9.97. The van der Waals surface area contributed by atoms with Crippen molar-refractivity contribution in [1.29, 1.82) is 0 Å². The lowest BCUT2D eigenvalue weighted by molar-refractivity contribution is 0.330. The lowest BCUT2D eigenvalue weighted by Crippen LogP contribution is -2.37. The summed E-state index contributed by atoms with van der Waals surface area (Å²) in [5, 5.41) is 7.24. The predicted octanol–water partition coefficient (Wildman–Crippen LogP) is 2.72. The highest BCUT2D eigenvalue weighted by Gasteiger charge is 2.16. The Morgan fingerprint density at radius 1 is 0.875 bits per heavy atom. The summed E-state index contributed by atoms with van der Waals surface area (Å²) in [6.07, 6.45) is 11.4. The number of nitrogens with one attached hydrogen (secondary N) is 2. The second kappa shape index (κ2) is 8.32. The molecule has 0 aromatic carbocycles. The second-order valence-electron chi connectivity index (χ2n) is 5.29. The fourth-order valence-corrected chi connectivity index (χ4v) is 2.90. The predicted molar refractivity (Wildman–Crippen MR) is 72.3 cm³/mol. The molecule has 0 aromatic heterocycles. The molecule has 1 heterocycles. The van der Waals surface area contributed by atoms with E-state index >= 15 is 0 Å². The first-order valence-electron chi connectivity index (χ1n) is 6.89. The van der Waals surface area contributed by atoms with Crippen molar-refractivity contribution in [3.8, 4) is 0 Å². The third kappa shape index (κ3) is 5.03. The van der Waals surface area contributed by atoms with Crippen LogP contribution in [0.5, 0.6) is 0 Å². The third-order valence-corrected chi connectivity index (χ3v) is 4.01. The van der Waals surface area contributed by atoms with E-state index in [9.17, 15) is 0 Å². The normalized spacial score (nSPS) is 24.8. The molecule has 0 unspecified atom stereocenters. The molecule has 3 heteroatoms. The average molecular weight is 247 g/mol. The van der Waals surface area contributed by atoms with Crippen molar-refractivity contribution >= 4 is 12.4 Å². The van der Waals surface area contributed by atoms with Crippen LogP contribution in [0.4, 0.5) is 0 Å². The van der Waals surface area contributed by atoms with Crippen LogP contribution >= 0.6 is 12.4 Å². The van der Waals surface area contributed by atoms with Crippen molar-refractivity contribution in [3.05, 3.63) is 0 Å². The van der Waals surface area contributed by atoms with Crippen LogP contribution in [-0.2, 0) is 0 Å². The summed E-state index contributed by atoms with van der Waals surface area (Å²) in [7, 11) is 0. The van der Waals surface area contributed by atoms with Crippen LogP contribution in [0.3, 0.4) is 0 Å². The zero-order valence-corrected chi connectivity index (χ0v) is 11.2. The van der Waals surface area contributed by atoms with Gasteiger partial charge in [0.15, 0.2) is 0 Å². The molecule has 0 aromatic rings. The fourth-order valence-electron chi connectivity index (χ4n) is 2.90. The van der Waals surface area contributed by atoms with Gasteiger partial charge in [0.05, 0.1) is 0 Å². The fraction of sp³-hybridized carbons (Fsp3) is 1.00. The van der Waals surface area contributed by atoms with Gasteiger partial charge in [-0.25, -0.2) is 0 Å². The molecule has 2 fully saturated rings. The maximum Gasteiger partial charge on any atom is 0.00671 e. The number of hydrogen-bond donors (Lipinski definition) is 2. The van der Waals surface area contributed by atoms with Gasteiger partial charge < -0.3 is 10.6 Å². The van der Waals surface area contributed by atoms with Gasteiger partial charge in [-0.05, 0) is 51.2 Å². The molecule has 0 spiro atoms. The van der Waals surface area contributed by atoms with Crippen LogP contribution in [-0.4, -0.2) is 25.7 Å². The summed E-state index contributed by atoms with van der Waals surface area (Å²) in [5.74, 6) is 0.939. The Hall–Kier alpha value is 0.210. The highest BCUT2D eigenvalue weighted by atomic mass is 35.5. The van der Waals surface area contributed by atoms with E-state index in [0.717, 1.165) is 12.0 Å². The van der Waals surface area contributed by atoms with Crippen molar-refractivity contribution in [2.45, 2.75) is 57.4 Å². The maximum absolute atomic E-state index is 3.80. The van der Waals surface area contributed by atoms with E-state index in [0.29, 0.717) is 0 Å². The highest BCUT2D eigenvalue weighted by Crippen LogP contribution is 2.18. The Kier molecular flexibility index (Phi) is 7.42. The molecule has 96 valence electrons. The van der Waals surface area contributed by atoms with Gasteiger partial charge in [0, 0.05) is 6.04 Å². The summed E-state index contributed by atoms with van der Waals surface area (Å²) < 4.78 is 0. The molecule has 0 bridgehead atoms. The standard InChI is InChI=1S/C13H26N2.ClH/c1-2-4-6-13(5-3-1)15-11-12-7-9-14-10-8-12;/h12-15H,1-11H2;1H. The van der Waals surface area contributed by atoms with Crippen LogP contribution in [0.1, 0.15) is 51.4 Å². The van der Waals surface area contributed by atoms with E-state index in [1.54, 1.807) is 0 Å². The smallest absolute Gasteiger partial charge is 0.00671 e. The molecule has 0 radical (unpaired) electrons. The number of rotatable bonds is 3. The molecule has 0 atom stereocenters. The van der Waals surface area contributed by atoms with E-state index in [1.807, 2.05) is 0 Å². The summed E-state index contributed by atoms with van der Waals surface area (Å²) >= 11 is 0. The Labute approximate surface area is 106 Å². The topological polar surface area (TPSA) is 24.1 Å². The first kappa shape index (κ1) is 14.3. The van der Waals surface area contributed by atoms with Crippen molar-refractivity contribution in [3.63, 3.8) is 0 Å². The zero-order valence-electron chi connectivity index (χ0n) is 10.3. The van der Waals surface area contributed by atoms with E-state index < -0.39 is 0 Å². The molecule has 1 saturated carbocycles. The SMILES string of the molecule is C1CCCC(NCC2CCNCC2)CC1.Cl. The number of halogens is 1. The molecule has 2 aliphatic rings. The van der Waals surface area contributed by atoms with Gasteiger partial charge in [-0.3, -0.25) is 0 Å². The molecular weight excluding hydrogens is 220 g/mol.